The van der Waals surface area contributed by atoms with Crippen LogP contribution < -0.4 is 11.1 Å². The summed E-state index contributed by atoms with van der Waals surface area (Å²) in [4.78, 5) is 16.1. The Morgan fingerprint density at radius 3 is 2.83 bits per heavy atom. The van der Waals surface area contributed by atoms with Crippen LogP contribution in [0, 0.1) is 6.92 Å². The lowest BCUT2D eigenvalue weighted by atomic mass is 9.77. The number of carbonyl (C=O) groups excluding carboxylic acids is 1. The van der Waals surface area contributed by atoms with E-state index in [4.69, 9.17) is 10.5 Å². The van der Waals surface area contributed by atoms with E-state index in [1.165, 1.54) is 6.20 Å². The SMILES string of the molecule is COC1(CC(=O)Nc2ncc(N)cc2C)CCC1. The van der Waals surface area contributed by atoms with Gasteiger partial charge in [0.2, 0.25) is 5.91 Å². The van der Waals surface area contributed by atoms with Crippen molar-refractivity contribution in [2.75, 3.05) is 18.2 Å². The smallest absolute Gasteiger partial charge is 0.228 e. The molecule has 0 bridgehead atoms. The number of anilines is 2. The van der Waals surface area contributed by atoms with Crippen molar-refractivity contribution in [1.29, 1.82) is 0 Å². The van der Waals surface area contributed by atoms with Crippen LogP contribution in [0.1, 0.15) is 31.2 Å². The molecule has 0 unspecified atom stereocenters. The average Bonchev–Trinajstić information content (AvgIpc) is 2.27. The van der Waals surface area contributed by atoms with E-state index in [1.54, 1.807) is 13.2 Å². The summed E-state index contributed by atoms with van der Waals surface area (Å²) in [6.07, 6.45) is 4.95. The molecule has 98 valence electrons. The van der Waals surface area contributed by atoms with Gasteiger partial charge in [-0.05, 0) is 37.8 Å². The molecule has 1 aliphatic rings. The number of pyridine rings is 1. The van der Waals surface area contributed by atoms with Gasteiger partial charge < -0.3 is 15.8 Å². The summed E-state index contributed by atoms with van der Waals surface area (Å²) in [5, 5.41) is 2.81. The van der Waals surface area contributed by atoms with Crippen molar-refractivity contribution in [3.05, 3.63) is 17.8 Å². The lowest BCUT2D eigenvalue weighted by Crippen LogP contribution is -2.42. The molecule has 1 aliphatic carbocycles. The maximum atomic E-state index is 12.0. The first-order valence-corrected chi connectivity index (χ1v) is 6.12. The predicted octanol–water partition coefficient (Wildman–Crippen LogP) is 1.87. The number of methoxy groups -OCH3 is 1. The summed E-state index contributed by atoms with van der Waals surface area (Å²) in [5.41, 5.74) is 6.82. The number of aryl methyl sites for hydroxylation is 1. The fourth-order valence-electron chi connectivity index (χ4n) is 2.22. The Morgan fingerprint density at radius 1 is 1.61 bits per heavy atom. The van der Waals surface area contributed by atoms with Crippen molar-refractivity contribution in [2.24, 2.45) is 0 Å². The first kappa shape index (κ1) is 12.8. The third-order valence-corrected chi connectivity index (χ3v) is 3.54. The number of nitrogens with two attached hydrogens (primary N) is 1. The van der Waals surface area contributed by atoms with Crippen molar-refractivity contribution >= 4 is 17.4 Å². The van der Waals surface area contributed by atoms with Crippen molar-refractivity contribution < 1.29 is 9.53 Å². The minimum Gasteiger partial charge on any atom is -0.397 e. The molecule has 1 amide bonds. The number of nitrogens with one attached hydrogen (secondary N) is 1. The van der Waals surface area contributed by atoms with E-state index in [2.05, 4.69) is 10.3 Å². The number of carbonyl (C=O) groups is 1. The summed E-state index contributed by atoms with van der Waals surface area (Å²) >= 11 is 0. The molecule has 1 fully saturated rings. The van der Waals surface area contributed by atoms with Gasteiger partial charge in [0.15, 0.2) is 0 Å². The van der Waals surface area contributed by atoms with Crippen LogP contribution in [-0.4, -0.2) is 23.6 Å². The molecule has 1 heterocycles. The Labute approximate surface area is 107 Å². The van der Waals surface area contributed by atoms with E-state index in [1.807, 2.05) is 6.92 Å². The van der Waals surface area contributed by atoms with Crippen LogP contribution in [0.2, 0.25) is 0 Å². The van der Waals surface area contributed by atoms with Crippen LogP contribution in [-0.2, 0) is 9.53 Å². The zero-order valence-corrected chi connectivity index (χ0v) is 10.8. The van der Waals surface area contributed by atoms with Crippen LogP contribution in [0.4, 0.5) is 11.5 Å². The Balaban J connectivity index is 1.98. The normalized spacial score (nSPS) is 17.0. The van der Waals surface area contributed by atoms with Crippen LogP contribution in [0.5, 0.6) is 0 Å². The van der Waals surface area contributed by atoms with Gasteiger partial charge in [0.25, 0.3) is 0 Å². The van der Waals surface area contributed by atoms with Crippen molar-refractivity contribution in [2.45, 2.75) is 38.2 Å². The summed E-state index contributed by atoms with van der Waals surface area (Å²) in [6, 6.07) is 1.79. The number of nitrogens with zero attached hydrogens (tertiary/aromatic N) is 1. The van der Waals surface area contributed by atoms with E-state index in [-0.39, 0.29) is 11.5 Å². The van der Waals surface area contributed by atoms with Gasteiger partial charge in [-0.3, -0.25) is 4.79 Å². The van der Waals surface area contributed by atoms with Gasteiger partial charge in [0.05, 0.1) is 23.9 Å². The Bertz CT molecular complexity index is 450. The number of rotatable bonds is 4. The lowest BCUT2D eigenvalue weighted by molar-refractivity contribution is -0.129. The summed E-state index contributed by atoms with van der Waals surface area (Å²) in [6.45, 7) is 1.87. The largest absolute Gasteiger partial charge is 0.397 e. The first-order chi connectivity index (χ1) is 8.54. The molecule has 0 saturated heterocycles. The third-order valence-electron chi connectivity index (χ3n) is 3.54. The maximum absolute atomic E-state index is 12.0. The molecule has 0 aromatic carbocycles. The van der Waals surface area contributed by atoms with E-state index in [0.29, 0.717) is 17.9 Å². The summed E-state index contributed by atoms with van der Waals surface area (Å²) in [5.74, 6) is 0.511. The Morgan fingerprint density at radius 2 is 2.33 bits per heavy atom. The first-order valence-electron chi connectivity index (χ1n) is 6.12. The quantitative estimate of drug-likeness (QED) is 0.854. The van der Waals surface area contributed by atoms with E-state index < -0.39 is 0 Å². The molecule has 0 atom stereocenters. The highest BCUT2D eigenvalue weighted by atomic mass is 16.5. The Kier molecular flexibility index (Phi) is 3.52. The van der Waals surface area contributed by atoms with Crippen molar-refractivity contribution in [3.8, 4) is 0 Å². The van der Waals surface area contributed by atoms with E-state index in [9.17, 15) is 4.79 Å². The molecular formula is C13H19N3O2. The molecule has 3 N–H and O–H groups in total. The van der Waals surface area contributed by atoms with Crippen LogP contribution in [0.3, 0.4) is 0 Å². The monoisotopic (exact) mass is 249 g/mol. The van der Waals surface area contributed by atoms with E-state index >= 15 is 0 Å². The highest BCUT2D eigenvalue weighted by Crippen LogP contribution is 2.38. The number of ether oxygens (including phenoxy) is 1. The molecule has 18 heavy (non-hydrogen) atoms. The van der Waals surface area contributed by atoms with Gasteiger partial charge in [-0.25, -0.2) is 4.98 Å². The molecule has 1 saturated carbocycles. The number of nitrogen functional groups attached to an aromatic ring is 1. The second-order valence-electron chi connectivity index (χ2n) is 4.90. The van der Waals surface area contributed by atoms with Crippen molar-refractivity contribution in [1.82, 2.24) is 4.98 Å². The number of aromatic nitrogens is 1. The third kappa shape index (κ3) is 2.61. The van der Waals surface area contributed by atoms with Gasteiger partial charge in [-0.15, -0.1) is 0 Å². The standard InChI is InChI=1S/C13H19N3O2/c1-9-6-10(14)8-15-12(9)16-11(17)7-13(18-2)4-3-5-13/h6,8H,3-5,7,14H2,1-2H3,(H,15,16,17). The second-order valence-corrected chi connectivity index (χ2v) is 4.90. The molecule has 1 aromatic rings. The zero-order chi connectivity index (χ0) is 13.2. The lowest BCUT2D eigenvalue weighted by Gasteiger charge is -2.39. The number of amides is 1. The van der Waals surface area contributed by atoms with E-state index in [0.717, 1.165) is 24.8 Å². The molecule has 0 aliphatic heterocycles. The molecule has 5 heteroatoms. The summed E-state index contributed by atoms with van der Waals surface area (Å²) in [7, 11) is 1.67. The van der Waals surface area contributed by atoms with Gasteiger partial charge in [-0.1, -0.05) is 0 Å². The maximum Gasteiger partial charge on any atom is 0.228 e. The minimum atomic E-state index is -0.258. The van der Waals surface area contributed by atoms with Gasteiger partial charge in [0.1, 0.15) is 5.82 Å². The fraction of sp³-hybridized carbons (Fsp3) is 0.538. The van der Waals surface area contributed by atoms with Gasteiger partial charge in [-0.2, -0.15) is 0 Å². The molecule has 2 rings (SSSR count). The summed E-state index contributed by atoms with van der Waals surface area (Å²) < 4.78 is 5.43. The second kappa shape index (κ2) is 4.94. The average molecular weight is 249 g/mol. The fourth-order valence-corrected chi connectivity index (χ4v) is 2.22. The van der Waals surface area contributed by atoms with Gasteiger partial charge in [0, 0.05) is 7.11 Å². The highest BCUT2D eigenvalue weighted by molar-refractivity contribution is 5.91. The zero-order valence-electron chi connectivity index (χ0n) is 10.8. The number of hydrogen-bond donors (Lipinski definition) is 2. The van der Waals surface area contributed by atoms with Crippen molar-refractivity contribution in [3.63, 3.8) is 0 Å². The topological polar surface area (TPSA) is 77.2 Å². The highest BCUT2D eigenvalue weighted by Gasteiger charge is 2.39. The predicted molar refractivity (Wildman–Crippen MR) is 70.2 cm³/mol. The molecule has 0 spiro atoms. The minimum absolute atomic E-state index is 0.0584. The van der Waals surface area contributed by atoms with Crippen LogP contribution >= 0.6 is 0 Å². The van der Waals surface area contributed by atoms with Crippen LogP contribution in [0.15, 0.2) is 12.3 Å². The molecule has 0 radical (unpaired) electrons. The molecular weight excluding hydrogens is 230 g/mol. The Hall–Kier alpha value is -1.62. The number of hydrogen-bond acceptors (Lipinski definition) is 4. The molecule has 1 aromatic heterocycles. The van der Waals surface area contributed by atoms with Gasteiger partial charge >= 0.3 is 0 Å². The molecule has 5 nitrogen and oxygen atoms in total. The van der Waals surface area contributed by atoms with Crippen LogP contribution in [0.25, 0.3) is 0 Å².